The Bertz CT molecular complexity index is 292. The van der Waals surface area contributed by atoms with E-state index in [0.29, 0.717) is 0 Å². The van der Waals surface area contributed by atoms with Crippen molar-refractivity contribution in [1.29, 1.82) is 0 Å². The summed E-state index contributed by atoms with van der Waals surface area (Å²) in [6.07, 6.45) is 13.5. The first kappa shape index (κ1) is 12.8. The average molecular weight is 188 g/mol. The number of hydrogen-bond acceptors (Lipinski definition) is 0. The third-order valence-corrected chi connectivity index (χ3v) is 2.21. The number of hydrogen-bond donors (Lipinski definition) is 0. The molecule has 0 aliphatic carbocycles. The van der Waals surface area contributed by atoms with Gasteiger partial charge in [0.1, 0.15) is 0 Å². The molecular weight excluding hydrogens is 168 g/mol. The molecule has 0 fully saturated rings. The van der Waals surface area contributed by atoms with Gasteiger partial charge in [-0.15, -0.1) is 6.42 Å². The average Bonchev–Trinajstić information content (AvgIpc) is 2.17. The molecule has 0 nitrogen and oxygen atoms in total. The smallest absolute Gasteiger partial charge is 0.00895 e. The summed E-state index contributed by atoms with van der Waals surface area (Å²) in [6.45, 7) is 8.53. The first-order valence-corrected chi connectivity index (χ1v) is 5.16. The van der Waals surface area contributed by atoms with Crippen molar-refractivity contribution in [3.05, 3.63) is 34.9 Å². The Morgan fingerprint density at radius 3 is 2.29 bits per heavy atom. The van der Waals surface area contributed by atoms with E-state index in [1.807, 2.05) is 6.08 Å². The van der Waals surface area contributed by atoms with Gasteiger partial charge in [-0.05, 0) is 43.9 Å². The Balaban J connectivity index is 4.75. The molecule has 0 aromatic carbocycles. The minimum Gasteiger partial charge on any atom is -0.115 e. The van der Waals surface area contributed by atoms with Gasteiger partial charge in [-0.3, -0.25) is 0 Å². The van der Waals surface area contributed by atoms with E-state index < -0.39 is 0 Å². The summed E-state index contributed by atoms with van der Waals surface area (Å²) < 4.78 is 0. The molecule has 0 rings (SSSR count). The molecule has 0 N–H and O–H groups in total. The van der Waals surface area contributed by atoms with Gasteiger partial charge in [0.15, 0.2) is 0 Å². The maximum absolute atomic E-state index is 5.25. The summed E-state index contributed by atoms with van der Waals surface area (Å²) in [7, 11) is 0. The van der Waals surface area contributed by atoms with Crippen LogP contribution in [0.2, 0.25) is 0 Å². The first-order chi connectivity index (χ1) is 6.65. The minimum atomic E-state index is 0.987. The number of allylic oxidation sites excluding steroid dienone is 6. The molecule has 0 aliphatic heterocycles. The Hall–Kier alpha value is -1.22. The van der Waals surface area contributed by atoms with E-state index in [1.54, 1.807) is 0 Å². The van der Waals surface area contributed by atoms with Crippen LogP contribution in [0.4, 0.5) is 0 Å². The lowest BCUT2D eigenvalue weighted by molar-refractivity contribution is 1.13. The molecular formula is C14H20. The highest BCUT2D eigenvalue weighted by molar-refractivity contribution is 5.36. The molecule has 14 heavy (non-hydrogen) atoms. The van der Waals surface area contributed by atoms with Crippen LogP contribution in [0.1, 0.15) is 40.5 Å². The van der Waals surface area contributed by atoms with Gasteiger partial charge in [0.05, 0.1) is 0 Å². The Labute approximate surface area is 88.4 Å². The van der Waals surface area contributed by atoms with Crippen molar-refractivity contribution in [1.82, 2.24) is 0 Å². The Morgan fingerprint density at radius 1 is 1.21 bits per heavy atom. The Morgan fingerprint density at radius 2 is 1.86 bits per heavy atom. The quantitative estimate of drug-likeness (QED) is 0.457. The van der Waals surface area contributed by atoms with Gasteiger partial charge in [-0.1, -0.05) is 37.5 Å². The monoisotopic (exact) mass is 188 g/mol. The molecule has 0 heterocycles. The highest BCUT2D eigenvalue weighted by atomic mass is 14.0. The molecule has 0 aromatic heterocycles. The Kier molecular flexibility index (Phi) is 6.58. The predicted molar refractivity (Wildman–Crippen MR) is 65.0 cm³/mol. The normalized spacial score (nSPS) is 14.1. The van der Waals surface area contributed by atoms with Gasteiger partial charge in [0.2, 0.25) is 0 Å². The minimum absolute atomic E-state index is 0.987. The molecule has 0 spiro atoms. The molecule has 0 radical (unpaired) electrons. The molecule has 0 amide bonds. The molecule has 76 valence electrons. The van der Waals surface area contributed by atoms with Gasteiger partial charge in [0, 0.05) is 0 Å². The zero-order chi connectivity index (χ0) is 11.0. The maximum Gasteiger partial charge on any atom is -0.00895 e. The zero-order valence-electron chi connectivity index (χ0n) is 9.72. The van der Waals surface area contributed by atoms with Crippen molar-refractivity contribution >= 4 is 0 Å². The summed E-state index contributed by atoms with van der Waals surface area (Å²) in [5.74, 6) is 2.57. The number of terminal acetylenes is 1. The van der Waals surface area contributed by atoms with Gasteiger partial charge in [0.25, 0.3) is 0 Å². The molecule has 0 aromatic rings. The molecule has 0 unspecified atom stereocenters. The van der Waals surface area contributed by atoms with Gasteiger partial charge in [-0.2, -0.15) is 0 Å². The number of rotatable bonds is 4. The molecule has 0 heteroatoms. The van der Waals surface area contributed by atoms with Crippen LogP contribution in [0.15, 0.2) is 34.9 Å². The standard InChI is InChI=1S/C14H20/c1-6-9-12(4)13(5)11-14(8-3)10-7-2/h2,9-11H,6,8H2,1,3-5H3/b12-9?,13-11+,14-10-. The van der Waals surface area contributed by atoms with Crippen molar-refractivity contribution in [2.75, 3.05) is 0 Å². The van der Waals surface area contributed by atoms with Crippen molar-refractivity contribution in [2.24, 2.45) is 0 Å². The second-order valence-corrected chi connectivity index (χ2v) is 3.36. The summed E-state index contributed by atoms with van der Waals surface area (Å²) in [5.41, 5.74) is 3.85. The van der Waals surface area contributed by atoms with Crippen LogP contribution in [-0.4, -0.2) is 0 Å². The molecule has 0 saturated heterocycles. The topological polar surface area (TPSA) is 0 Å². The second kappa shape index (κ2) is 7.21. The fraction of sp³-hybridized carbons (Fsp3) is 0.429. The summed E-state index contributed by atoms with van der Waals surface area (Å²) in [4.78, 5) is 0. The summed E-state index contributed by atoms with van der Waals surface area (Å²) >= 11 is 0. The van der Waals surface area contributed by atoms with Crippen LogP contribution in [-0.2, 0) is 0 Å². The van der Waals surface area contributed by atoms with E-state index in [0.717, 1.165) is 12.8 Å². The van der Waals surface area contributed by atoms with Crippen molar-refractivity contribution in [3.8, 4) is 12.3 Å². The van der Waals surface area contributed by atoms with E-state index in [-0.39, 0.29) is 0 Å². The van der Waals surface area contributed by atoms with E-state index in [2.05, 4.69) is 45.8 Å². The van der Waals surface area contributed by atoms with E-state index >= 15 is 0 Å². The van der Waals surface area contributed by atoms with Crippen LogP contribution in [0.3, 0.4) is 0 Å². The van der Waals surface area contributed by atoms with Crippen LogP contribution in [0.25, 0.3) is 0 Å². The van der Waals surface area contributed by atoms with Crippen LogP contribution < -0.4 is 0 Å². The summed E-state index contributed by atoms with van der Waals surface area (Å²) in [5, 5.41) is 0. The largest absolute Gasteiger partial charge is 0.115 e. The lowest BCUT2D eigenvalue weighted by Gasteiger charge is -2.02. The second-order valence-electron chi connectivity index (χ2n) is 3.36. The van der Waals surface area contributed by atoms with Crippen LogP contribution in [0, 0.1) is 12.3 Å². The highest BCUT2D eigenvalue weighted by Crippen LogP contribution is 2.13. The predicted octanol–water partition coefficient (Wildman–Crippen LogP) is 4.26. The lowest BCUT2D eigenvalue weighted by atomic mass is 10.0. The van der Waals surface area contributed by atoms with Crippen molar-refractivity contribution in [2.45, 2.75) is 40.5 Å². The molecule has 0 saturated carbocycles. The SMILES string of the molecule is C#C/C=C(\C=C(/C)C(C)=CCC)CC. The molecule has 0 atom stereocenters. The fourth-order valence-electron chi connectivity index (χ4n) is 1.21. The van der Waals surface area contributed by atoms with E-state index in [1.165, 1.54) is 16.7 Å². The van der Waals surface area contributed by atoms with E-state index in [9.17, 15) is 0 Å². The van der Waals surface area contributed by atoms with Crippen molar-refractivity contribution < 1.29 is 0 Å². The third-order valence-electron chi connectivity index (χ3n) is 2.21. The fourth-order valence-corrected chi connectivity index (χ4v) is 1.21. The first-order valence-electron chi connectivity index (χ1n) is 5.16. The van der Waals surface area contributed by atoms with Gasteiger partial charge in [-0.25, -0.2) is 0 Å². The van der Waals surface area contributed by atoms with Gasteiger partial charge < -0.3 is 0 Å². The molecule has 0 aliphatic rings. The maximum atomic E-state index is 5.25. The zero-order valence-corrected chi connectivity index (χ0v) is 9.72. The molecule has 0 bridgehead atoms. The van der Waals surface area contributed by atoms with Gasteiger partial charge >= 0.3 is 0 Å². The highest BCUT2D eigenvalue weighted by Gasteiger charge is 1.94. The summed E-state index contributed by atoms with van der Waals surface area (Å²) in [6, 6.07) is 0. The van der Waals surface area contributed by atoms with Crippen LogP contribution in [0.5, 0.6) is 0 Å². The third kappa shape index (κ3) is 4.72. The van der Waals surface area contributed by atoms with E-state index in [4.69, 9.17) is 6.42 Å². The lowest BCUT2D eigenvalue weighted by Crippen LogP contribution is -1.82. The van der Waals surface area contributed by atoms with Crippen LogP contribution >= 0.6 is 0 Å². The van der Waals surface area contributed by atoms with Crippen molar-refractivity contribution in [3.63, 3.8) is 0 Å².